The van der Waals surface area contributed by atoms with Gasteiger partial charge in [-0.3, -0.25) is 14.9 Å². The number of nitrogens with zero attached hydrogens (tertiary/aromatic N) is 1. The molecule has 1 unspecified atom stereocenters. The first-order valence-electron chi connectivity index (χ1n) is 5.53. The first-order chi connectivity index (χ1) is 8.58. The first-order valence-corrected chi connectivity index (χ1v) is 5.91. The van der Waals surface area contributed by atoms with Crippen LogP contribution in [-0.2, 0) is 4.79 Å². The maximum absolute atomic E-state index is 11.8. The SMILES string of the molecule is O=C(Nc1ccc([N+](=O)[O-])cc1Cl)C1CCNC1. The summed E-state index contributed by atoms with van der Waals surface area (Å²) in [6.07, 6.45) is 0.788. The smallest absolute Gasteiger partial charge is 0.271 e. The number of carbonyl (C=O) groups excluding carboxylic acids is 1. The zero-order chi connectivity index (χ0) is 13.1. The Morgan fingerprint density at radius 2 is 2.33 bits per heavy atom. The molecule has 0 bridgehead atoms. The molecule has 18 heavy (non-hydrogen) atoms. The Hall–Kier alpha value is -1.66. The summed E-state index contributed by atoms with van der Waals surface area (Å²) in [5.74, 6) is -0.188. The number of rotatable bonds is 3. The summed E-state index contributed by atoms with van der Waals surface area (Å²) in [6.45, 7) is 1.47. The molecule has 1 aromatic rings. The molecule has 0 saturated carbocycles. The fourth-order valence-electron chi connectivity index (χ4n) is 1.83. The molecule has 0 aromatic heterocycles. The van der Waals surface area contributed by atoms with Gasteiger partial charge in [-0.15, -0.1) is 0 Å². The van der Waals surface area contributed by atoms with Crippen molar-refractivity contribution in [1.82, 2.24) is 5.32 Å². The third kappa shape index (κ3) is 2.77. The summed E-state index contributed by atoms with van der Waals surface area (Å²) in [4.78, 5) is 21.9. The van der Waals surface area contributed by atoms with Crippen LogP contribution >= 0.6 is 11.6 Å². The zero-order valence-corrected chi connectivity index (χ0v) is 10.2. The van der Waals surface area contributed by atoms with Gasteiger partial charge in [0.1, 0.15) is 0 Å². The van der Waals surface area contributed by atoms with Crippen molar-refractivity contribution in [2.24, 2.45) is 5.92 Å². The lowest BCUT2D eigenvalue weighted by Crippen LogP contribution is -2.24. The summed E-state index contributed by atoms with van der Waals surface area (Å²) < 4.78 is 0. The summed E-state index contributed by atoms with van der Waals surface area (Å²) >= 11 is 5.89. The highest BCUT2D eigenvalue weighted by molar-refractivity contribution is 6.34. The van der Waals surface area contributed by atoms with Crippen LogP contribution in [0.1, 0.15) is 6.42 Å². The third-order valence-electron chi connectivity index (χ3n) is 2.85. The van der Waals surface area contributed by atoms with Crippen LogP contribution < -0.4 is 10.6 Å². The number of amides is 1. The second-order valence-electron chi connectivity index (χ2n) is 4.10. The maximum atomic E-state index is 11.8. The predicted octanol–water partition coefficient (Wildman–Crippen LogP) is 1.80. The zero-order valence-electron chi connectivity index (χ0n) is 9.48. The van der Waals surface area contributed by atoms with E-state index >= 15 is 0 Å². The average molecular weight is 270 g/mol. The highest BCUT2D eigenvalue weighted by Crippen LogP contribution is 2.27. The van der Waals surface area contributed by atoms with E-state index in [4.69, 9.17) is 11.6 Å². The molecule has 0 spiro atoms. The van der Waals surface area contributed by atoms with E-state index in [0.717, 1.165) is 13.0 Å². The summed E-state index contributed by atoms with van der Waals surface area (Å²) in [6, 6.07) is 3.99. The van der Waals surface area contributed by atoms with E-state index < -0.39 is 4.92 Å². The number of benzene rings is 1. The lowest BCUT2D eigenvalue weighted by molar-refractivity contribution is -0.384. The second kappa shape index (κ2) is 5.32. The van der Waals surface area contributed by atoms with E-state index in [0.29, 0.717) is 12.2 Å². The van der Waals surface area contributed by atoms with Crippen LogP contribution in [0, 0.1) is 16.0 Å². The molecule has 0 radical (unpaired) electrons. The van der Waals surface area contributed by atoms with Gasteiger partial charge >= 0.3 is 0 Å². The van der Waals surface area contributed by atoms with Gasteiger partial charge in [0, 0.05) is 18.7 Å². The normalized spacial score (nSPS) is 18.6. The largest absolute Gasteiger partial charge is 0.324 e. The number of carbonyl (C=O) groups is 1. The van der Waals surface area contributed by atoms with Gasteiger partial charge in [0.05, 0.1) is 21.6 Å². The van der Waals surface area contributed by atoms with Crippen molar-refractivity contribution in [2.45, 2.75) is 6.42 Å². The summed E-state index contributed by atoms with van der Waals surface area (Å²) in [5, 5.41) is 16.5. The quantitative estimate of drug-likeness (QED) is 0.647. The van der Waals surface area contributed by atoms with Gasteiger partial charge in [-0.2, -0.15) is 0 Å². The second-order valence-corrected chi connectivity index (χ2v) is 4.51. The molecule has 2 N–H and O–H groups in total. The first kappa shape index (κ1) is 12.8. The van der Waals surface area contributed by atoms with E-state index in [1.165, 1.54) is 18.2 Å². The lowest BCUT2D eigenvalue weighted by atomic mass is 10.1. The van der Waals surface area contributed by atoms with Crippen LogP contribution in [0.4, 0.5) is 11.4 Å². The van der Waals surface area contributed by atoms with E-state index in [2.05, 4.69) is 10.6 Å². The highest BCUT2D eigenvalue weighted by Gasteiger charge is 2.23. The van der Waals surface area contributed by atoms with Crippen LogP contribution in [0.15, 0.2) is 18.2 Å². The molecular weight excluding hydrogens is 258 g/mol. The Labute approximate surface area is 108 Å². The van der Waals surface area contributed by atoms with Crippen molar-refractivity contribution in [3.8, 4) is 0 Å². The number of anilines is 1. The molecule has 96 valence electrons. The monoisotopic (exact) mass is 269 g/mol. The molecule has 6 nitrogen and oxygen atoms in total. The van der Waals surface area contributed by atoms with Crippen LogP contribution in [-0.4, -0.2) is 23.9 Å². The van der Waals surface area contributed by atoms with Crippen molar-refractivity contribution < 1.29 is 9.72 Å². The van der Waals surface area contributed by atoms with Crippen molar-refractivity contribution in [3.05, 3.63) is 33.3 Å². The lowest BCUT2D eigenvalue weighted by Gasteiger charge is -2.10. The molecule has 1 heterocycles. The molecule has 1 aliphatic rings. The molecule has 1 aromatic carbocycles. The van der Waals surface area contributed by atoms with Gasteiger partial charge in [-0.1, -0.05) is 11.6 Å². The molecule has 2 rings (SSSR count). The Morgan fingerprint density at radius 1 is 1.56 bits per heavy atom. The van der Waals surface area contributed by atoms with Crippen LogP contribution in [0.3, 0.4) is 0 Å². The van der Waals surface area contributed by atoms with Crippen molar-refractivity contribution in [3.63, 3.8) is 0 Å². The number of nitrogens with one attached hydrogen (secondary N) is 2. The minimum atomic E-state index is -0.529. The molecular formula is C11H12ClN3O3. The standard InChI is InChI=1S/C11H12ClN3O3/c12-9-5-8(15(17)18)1-2-10(9)14-11(16)7-3-4-13-6-7/h1-2,5,7,13H,3-4,6H2,(H,14,16). The van der Waals surface area contributed by atoms with Gasteiger partial charge in [0.25, 0.3) is 5.69 Å². The maximum Gasteiger partial charge on any atom is 0.271 e. The molecule has 1 aliphatic heterocycles. The number of non-ortho nitro benzene ring substituents is 1. The number of nitro groups is 1. The van der Waals surface area contributed by atoms with E-state index in [1.807, 2.05) is 0 Å². The molecule has 1 atom stereocenters. The van der Waals surface area contributed by atoms with Crippen molar-refractivity contribution in [1.29, 1.82) is 0 Å². The Balaban J connectivity index is 2.09. The third-order valence-corrected chi connectivity index (χ3v) is 3.17. The fraction of sp³-hybridized carbons (Fsp3) is 0.364. The minimum absolute atomic E-state index is 0.0729. The molecule has 0 aliphatic carbocycles. The number of hydrogen-bond acceptors (Lipinski definition) is 4. The predicted molar refractivity (Wildman–Crippen MR) is 67.7 cm³/mol. The summed E-state index contributed by atoms with van der Waals surface area (Å²) in [5.41, 5.74) is 0.305. The molecule has 1 amide bonds. The van der Waals surface area contributed by atoms with Crippen LogP contribution in [0.2, 0.25) is 5.02 Å². The van der Waals surface area contributed by atoms with E-state index in [9.17, 15) is 14.9 Å². The van der Waals surface area contributed by atoms with Gasteiger partial charge in [-0.25, -0.2) is 0 Å². The highest BCUT2D eigenvalue weighted by atomic mass is 35.5. The van der Waals surface area contributed by atoms with Gasteiger partial charge in [-0.05, 0) is 19.0 Å². The van der Waals surface area contributed by atoms with Crippen LogP contribution in [0.5, 0.6) is 0 Å². The van der Waals surface area contributed by atoms with E-state index in [-0.39, 0.29) is 22.5 Å². The van der Waals surface area contributed by atoms with Gasteiger partial charge in [0.15, 0.2) is 0 Å². The minimum Gasteiger partial charge on any atom is -0.324 e. The molecule has 1 fully saturated rings. The van der Waals surface area contributed by atoms with Crippen LogP contribution in [0.25, 0.3) is 0 Å². The van der Waals surface area contributed by atoms with Gasteiger partial charge < -0.3 is 10.6 Å². The molecule has 7 heteroatoms. The number of hydrogen-bond donors (Lipinski definition) is 2. The van der Waals surface area contributed by atoms with Crippen molar-refractivity contribution in [2.75, 3.05) is 18.4 Å². The van der Waals surface area contributed by atoms with Crippen molar-refractivity contribution >= 4 is 28.9 Å². The van der Waals surface area contributed by atoms with E-state index in [1.54, 1.807) is 0 Å². The summed E-state index contributed by atoms with van der Waals surface area (Å²) in [7, 11) is 0. The topological polar surface area (TPSA) is 84.3 Å². The number of halogens is 1. The van der Waals surface area contributed by atoms with Gasteiger partial charge in [0.2, 0.25) is 5.91 Å². The Kier molecular flexibility index (Phi) is 3.78. The Morgan fingerprint density at radius 3 is 2.89 bits per heavy atom. The number of nitro benzene ring substituents is 1. The average Bonchev–Trinajstić information content (AvgIpc) is 2.85. The fourth-order valence-corrected chi connectivity index (χ4v) is 2.05. The molecule has 1 saturated heterocycles. The Bertz CT molecular complexity index is 486.